The molecule has 0 saturated heterocycles. The van der Waals surface area contributed by atoms with Gasteiger partial charge in [-0.15, -0.1) is 0 Å². The molecule has 1 heterocycles. The van der Waals surface area contributed by atoms with Crippen LogP contribution in [0, 0.1) is 0 Å². The van der Waals surface area contributed by atoms with Gasteiger partial charge in [-0.2, -0.15) is 0 Å². The zero-order chi connectivity index (χ0) is 17.5. The molecule has 0 bridgehead atoms. The Bertz CT molecular complexity index is 626. The van der Waals surface area contributed by atoms with Gasteiger partial charge in [0.25, 0.3) is 0 Å². The lowest BCUT2D eigenvalue weighted by atomic mass is 9.97. The molecule has 0 spiro atoms. The van der Waals surface area contributed by atoms with Crippen LogP contribution in [0.3, 0.4) is 0 Å². The summed E-state index contributed by atoms with van der Waals surface area (Å²) in [6.07, 6.45) is 6.19. The SMILES string of the molecule is C=Cc1ccccc1CCC1=C(/C(=C/CN)NC(C)C)CN(C)C1. The Kier molecular flexibility index (Phi) is 6.83. The fourth-order valence-electron chi connectivity index (χ4n) is 3.31. The van der Waals surface area contributed by atoms with E-state index in [0.29, 0.717) is 12.6 Å². The molecule has 0 saturated carbocycles. The molecule has 0 fully saturated rings. The predicted octanol–water partition coefficient (Wildman–Crippen LogP) is 3.34. The molecule has 1 aromatic carbocycles. The molecular formula is C21H31N3. The van der Waals surface area contributed by atoms with Gasteiger partial charge in [0, 0.05) is 31.4 Å². The second-order valence-corrected chi connectivity index (χ2v) is 6.81. The van der Waals surface area contributed by atoms with Crippen molar-refractivity contribution in [2.75, 3.05) is 26.7 Å². The Morgan fingerprint density at radius 3 is 2.71 bits per heavy atom. The molecule has 2 rings (SSSR count). The first-order chi connectivity index (χ1) is 11.5. The van der Waals surface area contributed by atoms with E-state index in [9.17, 15) is 0 Å². The van der Waals surface area contributed by atoms with E-state index in [1.165, 1.54) is 28.0 Å². The Morgan fingerprint density at radius 2 is 2.04 bits per heavy atom. The molecule has 0 amide bonds. The third kappa shape index (κ3) is 4.83. The van der Waals surface area contributed by atoms with E-state index in [-0.39, 0.29) is 0 Å². The summed E-state index contributed by atoms with van der Waals surface area (Å²) < 4.78 is 0. The van der Waals surface area contributed by atoms with Crippen LogP contribution in [0.25, 0.3) is 6.08 Å². The van der Waals surface area contributed by atoms with Gasteiger partial charge in [-0.25, -0.2) is 0 Å². The molecule has 1 aliphatic heterocycles. The molecular weight excluding hydrogens is 294 g/mol. The molecule has 1 aliphatic rings. The number of likely N-dealkylation sites (N-methyl/N-ethyl adjacent to an activating group) is 1. The fourth-order valence-corrected chi connectivity index (χ4v) is 3.31. The molecule has 3 N–H and O–H groups in total. The maximum Gasteiger partial charge on any atom is 0.0360 e. The average molecular weight is 326 g/mol. The third-order valence-corrected chi connectivity index (χ3v) is 4.38. The standard InChI is InChI=1S/C21H31N3/c1-5-17-8-6-7-9-18(17)10-11-19-14-24(4)15-20(19)21(12-13-22)23-16(2)3/h5-9,12,16,23H,1,10-11,13-15,22H2,2-4H3/b21-12-. The summed E-state index contributed by atoms with van der Waals surface area (Å²) in [5, 5.41) is 3.57. The summed E-state index contributed by atoms with van der Waals surface area (Å²) in [6.45, 7) is 10.9. The van der Waals surface area contributed by atoms with Crippen molar-refractivity contribution in [3.8, 4) is 0 Å². The summed E-state index contributed by atoms with van der Waals surface area (Å²) >= 11 is 0. The molecule has 130 valence electrons. The van der Waals surface area contributed by atoms with Crippen LogP contribution in [0.2, 0.25) is 0 Å². The van der Waals surface area contributed by atoms with Crippen LogP contribution in [0.15, 0.2) is 53.8 Å². The van der Waals surface area contributed by atoms with Gasteiger partial charge in [-0.1, -0.05) is 36.9 Å². The number of rotatable bonds is 8. The van der Waals surface area contributed by atoms with Gasteiger partial charge in [-0.05, 0) is 62.1 Å². The van der Waals surface area contributed by atoms with E-state index in [0.717, 1.165) is 25.9 Å². The number of nitrogens with one attached hydrogen (secondary N) is 1. The maximum absolute atomic E-state index is 5.79. The zero-order valence-corrected chi connectivity index (χ0v) is 15.3. The lowest BCUT2D eigenvalue weighted by Crippen LogP contribution is -2.26. The van der Waals surface area contributed by atoms with E-state index < -0.39 is 0 Å². The minimum atomic E-state index is 0.406. The van der Waals surface area contributed by atoms with Crippen LogP contribution in [0.1, 0.15) is 31.4 Å². The highest BCUT2D eigenvalue weighted by Crippen LogP contribution is 2.26. The predicted molar refractivity (Wildman–Crippen MR) is 105 cm³/mol. The van der Waals surface area contributed by atoms with Crippen molar-refractivity contribution in [3.63, 3.8) is 0 Å². The lowest BCUT2D eigenvalue weighted by molar-refractivity contribution is 0.421. The molecule has 3 heteroatoms. The van der Waals surface area contributed by atoms with E-state index in [1.807, 2.05) is 6.08 Å². The first-order valence-corrected chi connectivity index (χ1v) is 8.82. The highest BCUT2D eigenvalue weighted by molar-refractivity contribution is 5.52. The molecule has 0 aromatic heterocycles. The second kappa shape index (κ2) is 8.86. The minimum Gasteiger partial charge on any atom is -0.383 e. The van der Waals surface area contributed by atoms with Gasteiger partial charge < -0.3 is 11.1 Å². The molecule has 0 atom stereocenters. The zero-order valence-electron chi connectivity index (χ0n) is 15.3. The molecule has 1 aromatic rings. The molecule has 0 unspecified atom stereocenters. The third-order valence-electron chi connectivity index (χ3n) is 4.38. The number of hydrogen-bond acceptors (Lipinski definition) is 3. The summed E-state index contributed by atoms with van der Waals surface area (Å²) in [5.41, 5.74) is 12.6. The van der Waals surface area contributed by atoms with Crippen LogP contribution in [0.5, 0.6) is 0 Å². The Morgan fingerprint density at radius 1 is 1.29 bits per heavy atom. The second-order valence-electron chi connectivity index (χ2n) is 6.81. The Labute approximate surface area is 146 Å². The number of nitrogens with two attached hydrogens (primary N) is 1. The molecule has 0 aliphatic carbocycles. The summed E-state index contributed by atoms with van der Waals surface area (Å²) in [6, 6.07) is 8.93. The summed E-state index contributed by atoms with van der Waals surface area (Å²) in [7, 11) is 2.18. The number of benzene rings is 1. The number of aryl methyl sites for hydroxylation is 1. The topological polar surface area (TPSA) is 41.3 Å². The highest BCUT2D eigenvalue weighted by atomic mass is 15.1. The number of nitrogens with zero attached hydrogens (tertiary/aromatic N) is 1. The van der Waals surface area contributed by atoms with Crippen LogP contribution in [-0.2, 0) is 6.42 Å². The largest absolute Gasteiger partial charge is 0.383 e. The Balaban J connectivity index is 2.20. The van der Waals surface area contributed by atoms with Gasteiger partial charge in [0.15, 0.2) is 0 Å². The maximum atomic E-state index is 5.79. The van der Waals surface area contributed by atoms with Crippen molar-refractivity contribution in [2.45, 2.75) is 32.7 Å². The van der Waals surface area contributed by atoms with Gasteiger partial charge in [-0.3, -0.25) is 4.90 Å². The summed E-state index contributed by atoms with van der Waals surface area (Å²) in [4.78, 5) is 2.37. The van der Waals surface area contributed by atoms with Gasteiger partial charge >= 0.3 is 0 Å². The van der Waals surface area contributed by atoms with Crippen molar-refractivity contribution in [2.24, 2.45) is 5.73 Å². The van der Waals surface area contributed by atoms with E-state index in [4.69, 9.17) is 5.73 Å². The van der Waals surface area contributed by atoms with E-state index in [2.05, 4.69) is 68.0 Å². The normalized spacial score (nSPS) is 16.1. The van der Waals surface area contributed by atoms with Crippen molar-refractivity contribution in [3.05, 3.63) is 64.9 Å². The summed E-state index contributed by atoms with van der Waals surface area (Å²) in [5.74, 6) is 0. The van der Waals surface area contributed by atoms with Crippen molar-refractivity contribution in [1.82, 2.24) is 10.2 Å². The van der Waals surface area contributed by atoms with E-state index in [1.54, 1.807) is 0 Å². The van der Waals surface area contributed by atoms with Crippen LogP contribution < -0.4 is 11.1 Å². The fraction of sp³-hybridized carbons (Fsp3) is 0.429. The first kappa shape index (κ1) is 18.5. The van der Waals surface area contributed by atoms with Crippen molar-refractivity contribution >= 4 is 6.08 Å². The van der Waals surface area contributed by atoms with Gasteiger partial charge in [0.2, 0.25) is 0 Å². The van der Waals surface area contributed by atoms with Crippen molar-refractivity contribution in [1.29, 1.82) is 0 Å². The van der Waals surface area contributed by atoms with Crippen LogP contribution in [0.4, 0.5) is 0 Å². The van der Waals surface area contributed by atoms with Gasteiger partial charge in [0.05, 0.1) is 0 Å². The van der Waals surface area contributed by atoms with E-state index >= 15 is 0 Å². The van der Waals surface area contributed by atoms with Crippen molar-refractivity contribution < 1.29 is 0 Å². The lowest BCUT2D eigenvalue weighted by Gasteiger charge is -2.17. The molecule has 3 nitrogen and oxygen atoms in total. The minimum absolute atomic E-state index is 0.406. The van der Waals surface area contributed by atoms with Crippen LogP contribution in [-0.4, -0.2) is 37.6 Å². The van der Waals surface area contributed by atoms with Gasteiger partial charge in [0.1, 0.15) is 0 Å². The quantitative estimate of drug-likeness (QED) is 0.770. The first-order valence-electron chi connectivity index (χ1n) is 8.82. The molecule has 24 heavy (non-hydrogen) atoms. The highest BCUT2D eigenvalue weighted by Gasteiger charge is 2.22. The number of hydrogen-bond donors (Lipinski definition) is 2. The van der Waals surface area contributed by atoms with Crippen LogP contribution >= 0.6 is 0 Å². The Hall–Kier alpha value is -1.84. The smallest absolute Gasteiger partial charge is 0.0360 e. The average Bonchev–Trinajstić information content (AvgIpc) is 2.93. The monoisotopic (exact) mass is 325 g/mol. The molecule has 0 radical (unpaired) electrons.